The number of ether oxygens (including phenoxy) is 1. The van der Waals surface area contributed by atoms with Crippen LogP contribution >= 0.6 is 0 Å². The minimum Gasteiger partial charge on any atom is -0.452 e. The van der Waals surface area contributed by atoms with Crippen molar-refractivity contribution in [2.75, 3.05) is 16.8 Å². The summed E-state index contributed by atoms with van der Waals surface area (Å²) in [6, 6.07) is 8.35. The maximum Gasteiger partial charge on any atom is 0.344 e. The normalized spacial score (nSPS) is 16.1. The highest BCUT2D eigenvalue weighted by atomic mass is 16.5. The molecule has 3 aromatic rings. The molecule has 1 atom stereocenters. The highest BCUT2D eigenvalue weighted by Gasteiger charge is 2.30. The number of para-hydroxylation sites is 2. The Kier molecular flexibility index (Phi) is 4.71. The molecular formula is C20H19N5O4. The first kappa shape index (κ1) is 18.6. The number of aromatic nitrogens is 3. The Morgan fingerprint density at radius 3 is 2.90 bits per heavy atom. The van der Waals surface area contributed by atoms with Gasteiger partial charge in [0.1, 0.15) is 5.56 Å². The molecule has 0 fully saturated rings. The average molecular weight is 393 g/mol. The molecule has 0 saturated carbocycles. The fraction of sp³-hybridized carbons (Fsp3) is 0.250. The zero-order valence-electron chi connectivity index (χ0n) is 16.0. The molecule has 1 unspecified atom stereocenters. The summed E-state index contributed by atoms with van der Waals surface area (Å²) in [6.07, 6.45) is 3.38. The summed E-state index contributed by atoms with van der Waals surface area (Å²) < 4.78 is 6.78. The Hall–Kier alpha value is -3.75. The van der Waals surface area contributed by atoms with Crippen LogP contribution in [0.25, 0.3) is 5.65 Å². The van der Waals surface area contributed by atoms with Gasteiger partial charge in [0, 0.05) is 24.9 Å². The number of aryl methyl sites for hydroxylation is 1. The standard InChI is InChI=1S/C20H19N5O4/c1-12-10-16(26)22-14-6-3-4-7-15(14)25(12)17(27)11-29-20(28)18-13(2)23-24-9-5-8-21-19(18)24/h3-9,12H,10-11H2,1-2H3,(H,22,26). The third-order valence-electron chi connectivity index (χ3n) is 4.73. The van der Waals surface area contributed by atoms with Crippen LogP contribution in [0, 0.1) is 6.92 Å². The van der Waals surface area contributed by atoms with Crippen molar-refractivity contribution >= 4 is 34.8 Å². The largest absolute Gasteiger partial charge is 0.452 e. The lowest BCUT2D eigenvalue weighted by Crippen LogP contribution is -2.41. The number of hydrogen-bond donors (Lipinski definition) is 1. The van der Waals surface area contributed by atoms with Crippen LogP contribution in [-0.4, -0.2) is 45.0 Å². The summed E-state index contributed by atoms with van der Waals surface area (Å²) in [7, 11) is 0. The van der Waals surface area contributed by atoms with Gasteiger partial charge in [-0.05, 0) is 32.0 Å². The molecule has 1 N–H and O–H groups in total. The second kappa shape index (κ2) is 7.34. The van der Waals surface area contributed by atoms with Crippen LogP contribution in [0.4, 0.5) is 11.4 Å². The van der Waals surface area contributed by atoms with Crippen LogP contribution in [0.5, 0.6) is 0 Å². The molecule has 9 heteroatoms. The maximum atomic E-state index is 12.9. The molecule has 1 aliphatic rings. The minimum absolute atomic E-state index is 0.144. The van der Waals surface area contributed by atoms with Gasteiger partial charge in [0.25, 0.3) is 5.91 Å². The number of esters is 1. The van der Waals surface area contributed by atoms with E-state index in [2.05, 4.69) is 15.4 Å². The Bertz CT molecular complexity index is 1120. The van der Waals surface area contributed by atoms with Gasteiger partial charge in [-0.2, -0.15) is 5.10 Å². The van der Waals surface area contributed by atoms with Crippen molar-refractivity contribution in [3.8, 4) is 0 Å². The van der Waals surface area contributed by atoms with Gasteiger partial charge in [0.15, 0.2) is 12.3 Å². The van der Waals surface area contributed by atoms with E-state index < -0.39 is 18.5 Å². The second-order valence-electron chi connectivity index (χ2n) is 6.81. The summed E-state index contributed by atoms with van der Waals surface area (Å²) in [6.45, 7) is 2.99. The highest BCUT2D eigenvalue weighted by Crippen LogP contribution is 2.31. The number of hydrogen-bond acceptors (Lipinski definition) is 6. The van der Waals surface area contributed by atoms with Gasteiger partial charge in [-0.3, -0.25) is 9.59 Å². The monoisotopic (exact) mass is 393 g/mol. The van der Waals surface area contributed by atoms with Crippen LogP contribution in [0.3, 0.4) is 0 Å². The van der Waals surface area contributed by atoms with E-state index in [4.69, 9.17) is 4.74 Å². The summed E-state index contributed by atoms with van der Waals surface area (Å²) in [4.78, 5) is 43.3. The smallest absolute Gasteiger partial charge is 0.344 e. The molecule has 4 rings (SSSR count). The predicted molar refractivity (Wildman–Crippen MR) is 105 cm³/mol. The van der Waals surface area contributed by atoms with E-state index in [1.165, 1.54) is 9.42 Å². The van der Waals surface area contributed by atoms with E-state index in [1.54, 1.807) is 56.6 Å². The molecule has 148 valence electrons. The van der Waals surface area contributed by atoms with E-state index in [0.29, 0.717) is 22.7 Å². The third kappa shape index (κ3) is 3.42. The van der Waals surface area contributed by atoms with Crippen LogP contribution in [0.2, 0.25) is 0 Å². The van der Waals surface area contributed by atoms with Crippen molar-refractivity contribution in [2.45, 2.75) is 26.3 Å². The van der Waals surface area contributed by atoms with Crippen molar-refractivity contribution in [1.82, 2.24) is 14.6 Å². The molecule has 9 nitrogen and oxygen atoms in total. The van der Waals surface area contributed by atoms with Crippen molar-refractivity contribution in [2.24, 2.45) is 0 Å². The van der Waals surface area contributed by atoms with E-state index in [-0.39, 0.29) is 23.9 Å². The van der Waals surface area contributed by atoms with Crippen molar-refractivity contribution in [3.05, 3.63) is 54.0 Å². The number of carbonyl (C=O) groups is 3. The molecule has 1 aromatic carbocycles. The molecule has 0 spiro atoms. The topological polar surface area (TPSA) is 106 Å². The van der Waals surface area contributed by atoms with E-state index >= 15 is 0 Å². The van der Waals surface area contributed by atoms with Crippen molar-refractivity contribution in [1.29, 1.82) is 0 Å². The van der Waals surface area contributed by atoms with Crippen LogP contribution < -0.4 is 10.2 Å². The molecule has 2 aromatic heterocycles. The maximum absolute atomic E-state index is 12.9. The first-order valence-electron chi connectivity index (χ1n) is 9.13. The van der Waals surface area contributed by atoms with Crippen molar-refractivity contribution in [3.63, 3.8) is 0 Å². The first-order chi connectivity index (χ1) is 14.0. The molecule has 0 bridgehead atoms. The van der Waals surface area contributed by atoms with E-state index in [9.17, 15) is 14.4 Å². The SMILES string of the molecule is Cc1nn2cccnc2c1C(=O)OCC(=O)N1c2ccccc2NC(=O)CC1C. The Morgan fingerprint density at radius 1 is 1.28 bits per heavy atom. The average Bonchev–Trinajstić information content (AvgIpc) is 2.96. The zero-order chi connectivity index (χ0) is 20.5. The third-order valence-corrected chi connectivity index (χ3v) is 4.73. The van der Waals surface area contributed by atoms with Crippen LogP contribution in [0.1, 0.15) is 29.4 Å². The zero-order valence-corrected chi connectivity index (χ0v) is 16.0. The van der Waals surface area contributed by atoms with Crippen LogP contribution in [0.15, 0.2) is 42.7 Å². The number of anilines is 2. The van der Waals surface area contributed by atoms with Gasteiger partial charge in [-0.25, -0.2) is 14.3 Å². The highest BCUT2D eigenvalue weighted by molar-refractivity contribution is 6.05. The summed E-state index contributed by atoms with van der Waals surface area (Å²) in [5.41, 5.74) is 2.17. The Labute approximate surface area is 166 Å². The number of carbonyl (C=O) groups excluding carboxylic acids is 3. The number of nitrogens with one attached hydrogen (secondary N) is 1. The summed E-state index contributed by atoms with van der Waals surface area (Å²) in [5, 5.41) is 7.02. The number of fused-ring (bicyclic) bond motifs is 2. The molecule has 3 heterocycles. The Balaban J connectivity index is 1.55. The molecule has 0 aliphatic carbocycles. The number of rotatable bonds is 3. The van der Waals surface area contributed by atoms with Gasteiger partial charge in [0.2, 0.25) is 5.91 Å². The van der Waals surface area contributed by atoms with Gasteiger partial charge in [0.05, 0.1) is 17.1 Å². The first-order valence-corrected chi connectivity index (χ1v) is 9.13. The fourth-order valence-corrected chi connectivity index (χ4v) is 3.47. The number of benzene rings is 1. The summed E-state index contributed by atoms with van der Waals surface area (Å²) in [5.74, 6) is -1.27. The molecule has 2 amide bonds. The number of nitrogens with zero attached hydrogens (tertiary/aromatic N) is 4. The van der Waals surface area contributed by atoms with Crippen LogP contribution in [-0.2, 0) is 14.3 Å². The Morgan fingerprint density at radius 2 is 2.07 bits per heavy atom. The summed E-state index contributed by atoms with van der Waals surface area (Å²) >= 11 is 0. The molecule has 1 aliphatic heterocycles. The van der Waals surface area contributed by atoms with Gasteiger partial charge in [-0.1, -0.05) is 12.1 Å². The van der Waals surface area contributed by atoms with E-state index in [1.807, 2.05) is 0 Å². The quantitative estimate of drug-likeness (QED) is 0.682. The molecular weight excluding hydrogens is 374 g/mol. The lowest BCUT2D eigenvalue weighted by atomic mass is 10.1. The lowest BCUT2D eigenvalue weighted by Gasteiger charge is -2.27. The predicted octanol–water partition coefficient (Wildman–Crippen LogP) is 1.96. The lowest BCUT2D eigenvalue weighted by molar-refractivity contribution is -0.122. The van der Waals surface area contributed by atoms with E-state index in [0.717, 1.165) is 0 Å². The molecule has 0 radical (unpaired) electrons. The van der Waals surface area contributed by atoms with Gasteiger partial charge >= 0.3 is 5.97 Å². The number of amides is 2. The molecule has 0 saturated heterocycles. The molecule has 29 heavy (non-hydrogen) atoms. The fourth-order valence-electron chi connectivity index (χ4n) is 3.47. The second-order valence-corrected chi connectivity index (χ2v) is 6.81. The van der Waals surface area contributed by atoms with Gasteiger partial charge in [-0.15, -0.1) is 0 Å². The van der Waals surface area contributed by atoms with Gasteiger partial charge < -0.3 is 15.0 Å². The van der Waals surface area contributed by atoms with Crippen molar-refractivity contribution < 1.29 is 19.1 Å². The minimum atomic E-state index is -0.672.